The molecule has 6 nitrogen and oxygen atoms in total. The summed E-state index contributed by atoms with van der Waals surface area (Å²) in [6.07, 6.45) is 0. The number of sulfonamides is 1. The SMILES string of the molecule is Cc1ccc(C)c(Nc2nc3ccccc3nc2NS(=O)(=O)c2cc(C(C)(C)C)ccc2C)c1. The topological polar surface area (TPSA) is 84.0 Å². The Morgan fingerprint density at radius 1 is 0.765 bits per heavy atom. The Labute approximate surface area is 201 Å². The number of hydrogen-bond acceptors (Lipinski definition) is 5. The number of rotatable bonds is 5. The van der Waals surface area contributed by atoms with Crippen molar-refractivity contribution in [2.75, 3.05) is 10.0 Å². The Morgan fingerprint density at radius 3 is 2.03 bits per heavy atom. The summed E-state index contributed by atoms with van der Waals surface area (Å²) < 4.78 is 29.8. The summed E-state index contributed by atoms with van der Waals surface area (Å²) >= 11 is 0. The highest BCUT2D eigenvalue weighted by Gasteiger charge is 2.24. The zero-order chi connectivity index (χ0) is 24.7. The number of hydrogen-bond donors (Lipinski definition) is 2. The van der Waals surface area contributed by atoms with E-state index in [1.54, 1.807) is 13.0 Å². The molecule has 7 heteroatoms. The third-order valence-electron chi connectivity index (χ3n) is 5.79. The van der Waals surface area contributed by atoms with Gasteiger partial charge in [0.05, 0.1) is 15.9 Å². The second-order valence-corrected chi connectivity index (χ2v) is 11.3. The zero-order valence-corrected chi connectivity index (χ0v) is 21.2. The molecule has 4 rings (SSSR count). The highest BCUT2D eigenvalue weighted by molar-refractivity contribution is 7.92. The van der Waals surface area contributed by atoms with E-state index in [-0.39, 0.29) is 16.1 Å². The quantitative estimate of drug-likeness (QED) is 0.350. The fourth-order valence-corrected chi connectivity index (χ4v) is 4.98. The maximum Gasteiger partial charge on any atom is 0.263 e. The molecule has 176 valence electrons. The summed E-state index contributed by atoms with van der Waals surface area (Å²) in [5.74, 6) is 0.501. The van der Waals surface area contributed by atoms with Crippen molar-refractivity contribution in [1.29, 1.82) is 0 Å². The average Bonchev–Trinajstić information content (AvgIpc) is 2.75. The highest BCUT2D eigenvalue weighted by atomic mass is 32.2. The van der Waals surface area contributed by atoms with E-state index in [9.17, 15) is 8.42 Å². The predicted molar refractivity (Wildman–Crippen MR) is 139 cm³/mol. The van der Waals surface area contributed by atoms with Crippen molar-refractivity contribution in [2.24, 2.45) is 0 Å². The van der Waals surface area contributed by atoms with Crippen molar-refractivity contribution >= 4 is 38.4 Å². The third-order valence-corrected chi connectivity index (χ3v) is 7.27. The average molecular weight is 475 g/mol. The van der Waals surface area contributed by atoms with Crippen LogP contribution in [-0.4, -0.2) is 18.4 Å². The van der Waals surface area contributed by atoms with Gasteiger partial charge in [0.15, 0.2) is 11.6 Å². The van der Waals surface area contributed by atoms with Crippen LogP contribution in [0.4, 0.5) is 17.3 Å². The number of anilines is 3. The number of benzene rings is 3. The van der Waals surface area contributed by atoms with Gasteiger partial charge in [-0.15, -0.1) is 0 Å². The molecule has 0 radical (unpaired) electrons. The van der Waals surface area contributed by atoms with E-state index < -0.39 is 10.0 Å². The molecule has 0 bridgehead atoms. The van der Waals surface area contributed by atoms with Crippen LogP contribution in [0.3, 0.4) is 0 Å². The lowest BCUT2D eigenvalue weighted by Crippen LogP contribution is -2.19. The molecule has 0 fully saturated rings. The van der Waals surface area contributed by atoms with Crippen molar-refractivity contribution < 1.29 is 8.42 Å². The van der Waals surface area contributed by atoms with Crippen LogP contribution < -0.4 is 10.0 Å². The molecular weight excluding hydrogens is 444 g/mol. The van der Waals surface area contributed by atoms with Gasteiger partial charge in [-0.1, -0.05) is 57.2 Å². The van der Waals surface area contributed by atoms with Gasteiger partial charge in [-0.25, -0.2) is 18.4 Å². The number of para-hydroxylation sites is 2. The summed E-state index contributed by atoms with van der Waals surface area (Å²) in [5.41, 5.74) is 5.64. The fraction of sp³-hybridized carbons (Fsp3) is 0.259. The lowest BCUT2D eigenvalue weighted by molar-refractivity contribution is 0.584. The van der Waals surface area contributed by atoms with Crippen molar-refractivity contribution in [2.45, 2.75) is 51.9 Å². The summed E-state index contributed by atoms with van der Waals surface area (Å²) in [5, 5.41) is 3.30. The Kier molecular flexibility index (Phi) is 6.08. The first-order valence-electron chi connectivity index (χ1n) is 11.2. The minimum atomic E-state index is -3.92. The second-order valence-electron chi connectivity index (χ2n) is 9.69. The van der Waals surface area contributed by atoms with E-state index in [0.29, 0.717) is 22.4 Å². The van der Waals surface area contributed by atoms with Gasteiger partial charge in [-0.3, -0.25) is 4.72 Å². The smallest absolute Gasteiger partial charge is 0.263 e. The summed E-state index contributed by atoms with van der Waals surface area (Å²) in [7, 11) is -3.92. The molecule has 0 amide bonds. The number of nitrogens with one attached hydrogen (secondary N) is 2. The molecule has 1 aromatic heterocycles. The summed E-state index contributed by atoms with van der Waals surface area (Å²) in [6, 6.07) is 19.0. The van der Waals surface area contributed by atoms with Gasteiger partial charge in [-0.05, 0) is 72.7 Å². The first-order chi connectivity index (χ1) is 15.9. The first-order valence-corrected chi connectivity index (χ1v) is 12.7. The van der Waals surface area contributed by atoms with Crippen LogP contribution in [0.2, 0.25) is 0 Å². The van der Waals surface area contributed by atoms with E-state index in [1.165, 1.54) is 0 Å². The first kappa shape index (κ1) is 23.7. The Hall–Kier alpha value is -3.45. The van der Waals surface area contributed by atoms with E-state index in [2.05, 4.69) is 35.8 Å². The van der Waals surface area contributed by atoms with Crippen LogP contribution in [-0.2, 0) is 15.4 Å². The molecule has 4 aromatic rings. The van der Waals surface area contributed by atoms with Crippen LogP contribution in [0, 0.1) is 20.8 Å². The molecule has 34 heavy (non-hydrogen) atoms. The van der Waals surface area contributed by atoms with Gasteiger partial charge in [0, 0.05) is 5.69 Å². The normalized spacial score (nSPS) is 12.1. The molecule has 0 aliphatic heterocycles. The number of aryl methyl sites for hydroxylation is 3. The lowest BCUT2D eigenvalue weighted by atomic mass is 9.87. The van der Waals surface area contributed by atoms with Gasteiger partial charge < -0.3 is 5.32 Å². The Balaban J connectivity index is 1.82. The van der Waals surface area contributed by atoms with Crippen molar-refractivity contribution in [1.82, 2.24) is 9.97 Å². The van der Waals surface area contributed by atoms with Crippen molar-refractivity contribution in [3.05, 3.63) is 82.9 Å². The third kappa shape index (κ3) is 4.89. The molecule has 3 aromatic carbocycles. The minimum absolute atomic E-state index is 0.153. The number of nitrogens with zero attached hydrogens (tertiary/aromatic N) is 2. The standard InChI is InChI=1S/C27H30N4O2S/c1-17-11-12-18(2)23(15-17)30-25-26(29-22-10-8-7-9-21(22)28-25)31-34(32,33)24-16-20(27(4,5)6)14-13-19(24)3/h7-16H,1-6H3,(H,28,30)(H,29,31). The predicted octanol–water partition coefficient (Wildman–Crippen LogP) is 6.40. The molecule has 0 aliphatic rings. The zero-order valence-electron chi connectivity index (χ0n) is 20.4. The summed E-state index contributed by atoms with van der Waals surface area (Å²) in [6.45, 7) is 12.0. The van der Waals surface area contributed by atoms with Crippen molar-refractivity contribution in [3.63, 3.8) is 0 Å². The molecule has 0 unspecified atom stereocenters. The summed E-state index contributed by atoms with van der Waals surface area (Å²) in [4.78, 5) is 9.55. The number of fused-ring (bicyclic) bond motifs is 1. The Bertz CT molecular complexity index is 1490. The maximum absolute atomic E-state index is 13.6. The largest absolute Gasteiger partial charge is 0.337 e. The molecule has 0 aliphatic carbocycles. The number of aromatic nitrogens is 2. The minimum Gasteiger partial charge on any atom is -0.337 e. The van der Waals surface area contributed by atoms with Crippen molar-refractivity contribution in [3.8, 4) is 0 Å². The van der Waals surface area contributed by atoms with E-state index in [4.69, 9.17) is 4.98 Å². The van der Waals surface area contributed by atoms with Gasteiger partial charge in [0.25, 0.3) is 10.0 Å². The second kappa shape index (κ2) is 8.72. The van der Waals surface area contributed by atoms with E-state index >= 15 is 0 Å². The molecule has 0 saturated carbocycles. The van der Waals surface area contributed by atoms with Crippen LogP contribution in [0.5, 0.6) is 0 Å². The van der Waals surface area contributed by atoms with Crippen LogP contribution in [0.1, 0.15) is 43.0 Å². The van der Waals surface area contributed by atoms with Gasteiger partial charge in [-0.2, -0.15) is 0 Å². The molecule has 1 heterocycles. The van der Waals surface area contributed by atoms with Crippen LogP contribution in [0.15, 0.2) is 65.6 Å². The van der Waals surface area contributed by atoms with E-state index in [1.807, 2.05) is 68.4 Å². The van der Waals surface area contributed by atoms with Gasteiger partial charge >= 0.3 is 0 Å². The molecule has 2 N–H and O–H groups in total. The van der Waals surface area contributed by atoms with Crippen LogP contribution >= 0.6 is 0 Å². The maximum atomic E-state index is 13.6. The highest BCUT2D eigenvalue weighted by Crippen LogP contribution is 2.31. The monoisotopic (exact) mass is 474 g/mol. The van der Waals surface area contributed by atoms with Crippen LogP contribution in [0.25, 0.3) is 11.0 Å². The molecule has 0 atom stereocenters. The van der Waals surface area contributed by atoms with Gasteiger partial charge in [0.1, 0.15) is 0 Å². The molecule has 0 saturated heterocycles. The van der Waals surface area contributed by atoms with E-state index in [0.717, 1.165) is 22.4 Å². The fourth-order valence-electron chi connectivity index (χ4n) is 3.69. The lowest BCUT2D eigenvalue weighted by Gasteiger charge is -2.21. The van der Waals surface area contributed by atoms with Gasteiger partial charge in [0.2, 0.25) is 0 Å². The molecule has 0 spiro atoms. The molecular formula is C27H30N4O2S. The Morgan fingerprint density at radius 2 is 1.38 bits per heavy atom.